The van der Waals surface area contributed by atoms with E-state index >= 15 is 0 Å². The second-order valence-electron chi connectivity index (χ2n) is 1.44. The minimum Gasteiger partial charge on any atom is -0.394 e. The topological polar surface area (TPSA) is 49.7 Å². The lowest BCUT2D eigenvalue weighted by Crippen LogP contribution is -2.03. The molecule has 5 heteroatoms. The molecule has 0 unspecified atom stereocenters. The minimum atomic E-state index is 0.0278. The Morgan fingerprint density at radius 3 is 1.45 bits per heavy atom. The molecular weight excluding hydrogens is 191 g/mol. The number of halogens is 2. The molecule has 0 aromatic carbocycles. The van der Waals surface area contributed by atoms with Gasteiger partial charge >= 0.3 is 0 Å². The lowest BCUT2D eigenvalue weighted by atomic mass is 10.7. The van der Waals surface area contributed by atoms with Gasteiger partial charge < -0.3 is 14.9 Å². The van der Waals surface area contributed by atoms with Crippen LogP contribution in [-0.4, -0.2) is 48.4 Å². The normalized spacial score (nSPS) is 8.73. The first-order valence-corrected chi connectivity index (χ1v) is 4.31. The Balaban J connectivity index is 0. The Morgan fingerprint density at radius 1 is 0.909 bits per heavy atom. The zero-order valence-corrected chi connectivity index (χ0v) is 7.81. The highest BCUT2D eigenvalue weighted by atomic mass is 35.5. The number of hydrogen-bond acceptors (Lipinski definition) is 3. The van der Waals surface area contributed by atoms with Gasteiger partial charge in [-0.2, -0.15) is 0 Å². The van der Waals surface area contributed by atoms with Crippen LogP contribution in [0.3, 0.4) is 0 Å². The summed E-state index contributed by atoms with van der Waals surface area (Å²) in [5, 5.41) is 16.2. The van der Waals surface area contributed by atoms with Crippen LogP contribution in [0.25, 0.3) is 0 Å². The van der Waals surface area contributed by atoms with Crippen molar-refractivity contribution in [3.05, 3.63) is 0 Å². The third kappa shape index (κ3) is 25.1. The van der Waals surface area contributed by atoms with E-state index in [0.717, 1.165) is 0 Å². The van der Waals surface area contributed by atoms with Gasteiger partial charge in [0, 0.05) is 11.8 Å². The minimum absolute atomic E-state index is 0.0278. The van der Waals surface area contributed by atoms with Crippen molar-refractivity contribution in [2.45, 2.75) is 0 Å². The average Bonchev–Trinajstić information content (AvgIpc) is 2.06. The summed E-state index contributed by atoms with van der Waals surface area (Å²) in [6.45, 7) is 0.696. The molecular formula is C6H14Cl2O3. The molecule has 3 nitrogen and oxygen atoms in total. The fourth-order valence-corrected chi connectivity index (χ4v) is 0.231. The van der Waals surface area contributed by atoms with Gasteiger partial charge in [-0.05, 0) is 0 Å². The van der Waals surface area contributed by atoms with E-state index < -0.39 is 0 Å². The van der Waals surface area contributed by atoms with Crippen LogP contribution in [0.1, 0.15) is 0 Å². The molecule has 70 valence electrons. The molecule has 0 fully saturated rings. The van der Waals surface area contributed by atoms with E-state index in [4.69, 9.17) is 33.4 Å². The summed E-state index contributed by atoms with van der Waals surface area (Å²) < 4.78 is 4.63. The van der Waals surface area contributed by atoms with Gasteiger partial charge in [-0.25, -0.2) is 0 Å². The molecule has 0 aromatic rings. The van der Waals surface area contributed by atoms with Gasteiger partial charge in [-0.3, -0.25) is 0 Å². The van der Waals surface area contributed by atoms with Crippen LogP contribution in [0, 0.1) is 0 Å². The molecule has 0 rings (SSSR count). The Kier molecular flexibility index (Phi) is 21.4. The first-order valence-electron chi connectivity index (χ1n) is 3.24. The highest BCUT2D eigenvalue weighted by molar-refractivity contribution is 6.25. The van der Waals surface area contributed by atoms with Crippen molar-refractivity contribution in [3.8, 4) is 0 Å². The van der Waals surface area contributed by atoms with Gasteiger partial charge in [0.2, 0.25) is 0 Å². The van der Waals surface area contributed by atoms with Crippen molar-refractivity contribution in [2.24, 2.45) is 0 Å². The Morgan fingerprint density at radius 2 is 1.27 bits per heavy atom. The fourth-order valence-electron chi connectivity index (χ4n) is 0.231. The predicted octanol–water partition coefficient (Wildman–Crippen LogP) is 0.452. The summed E-state index contributed by atoms with van der Waals surface area (Å²) in [5.41, 5.74) is 0. The number of aliphatic hydroxyl groups excluding tert-OH is 2. The molecule has 0 atom stereocenters. The Hall–Kier alpha value is 0.460. The molecule has 0 saturated heterocycles. The molecule has 2 N–H and O–H groups in total. The third-order valence-corrected chi connectivity index (χ3v) is 1.11. The zero-order valence-electron chi connectivity index (χ0n) is 6.30. The molecule has 0 aliphatic carbocycles. The molecule has 0 amide bonds. The van der Waals surface area contributed by atoms with Gasteiger partial charge in [0.25, 0.3) is 0 Å². The number of aliphatic hydroxyl groups is 2. The molecule has 11 heavy (non-hydrogen) atoms. The van der Waals surface area contributed by atoms with Crippen LogP contribution in [0.4, 0.5) is 0 Å². The van der Waals surface area contributed by atoms with Crippen molar-refractivity contribution in [1.29, 1.82) is 0 Å². The summed E-state index contributed by atoms with van der Waals surface area (Å²) >= 11 is 10.1. The standard InChI is InChI=1S/C4H10O3.C2H4Cl2/c5-1-3-7-4-2-6;3-1-2-4/h5-6H,1-4H2;1-2H2. The van der Waals surface area contributed by atoms with Crippen molar-refractivity contribution >= 4 is 23.2 Å². The van der Waals surface area contributed by atoms with Crippen LogP contribution in [-0.2, 0) is 4.74 Å². The molecule has 0 spiro atoms. The predicted molar refractivity (Wildman–Crippen MR) is 46.4 cm³/mol. The maximum absolute atomic E-state index is 8.09. The maximum Gasteiger partial charge on any atom is 0.0698 e. The molecule has 0 aliphatic heterocycles. The van der Waals surface area contributed by atoms with Crippen LogP contribution in [0.2, 0.25) is 0 Å². The monoisotopic (exact) mass is 204 g/mol. The van der Waals surface area contributed by atoms with Crippen molar-refractivity contribution in [2.75, 3.05) is 38.2 Å². The van der Waals surface area contributed by atoms with Crippen LogP contribution in [0.15, 0.2) is 0 Å². The number of ether oxygens (including phenoxy) is 1. The lowest BCUT2D eigenvalue weighted by molar-refractivity contribution is 0.0650. The second kappa shape index (κ2) is 16.8. The molecule has 0 radical (unpaired) electrons. The summed E-state index contributed by atoms with van der Waals surface area (Å²) in [7, 11) is 0. The summed E-state index contributed by atoms with van der Waals surface area (Å²) in [5.74, 6) is 1.11. The average molecular weight is 205 g/mol. The van der Waals surface area contributed by atoms with Gasteiger partial charge in [0.1, 0.15) is 0 Å². The first-order chi connectivity index (χ1) is 5.33. The Labute approximate surface area is 76.9 Å². The van der Waals surface area contributed by atoms with Crippen molar-refractivity contribution in [3.63, 3.8) is 0 Å². The summed E-state index contributed by atoms with van der Waals surface area (Å²) in [6, 6.07) is 0. The van der Waals surface area contributed by atoms with Gasteiger partial charge in [0.15, 0.2) is 0 Å². The highest BCUT2D eigenvalue weighted by Gasteiger charge is 1.79. The van der Waals surface area contributed by atoms with Crippen molar-refractivity contribution < 1.29 is 14.9 Å². The van der Waals surface area contributed by atoms with Crippen LogP contribution in [0.5, 0.6) is 0 Å². The van der Waals surface area contributed by atoms with Gasteiger partial charge in [0.05, 0.1) is 26.4 Å². The lowest BCUT2D eigenvalue weighted by Gasteiger charge is -1.94. The Bertz CT molecular complexity index is 49.1. The smallest absolute Gasteiger partial charge is 0.0698 e. The summed E-state index contributed by atoms with van der Waals surface area (Å²) in [4.78, 5) is 0. The molecule has 0 bridgehead atoms. The van der Waals surface area contributed by atoms with Gasteiger partial charge in [-0.15, -0.1) is 23.2 Å². The quantitative estimate of drug-likeness (QED) is 0.506. The van der Waals surface area contributed by atoms with Gasteiger partial charge in [-0.1, -0.05) is 0 Å². The maximum atomic E-state index is 8.09. The molecule has 0 saturated carbocycles. The molecule has 0 aliphatic rings. The van der Waals surface area contributed by atoms with Crippen molar-refractivity contribution in [1.82, 2.24) is 0 Å². The highest BCUT2D eigenvalue weighted by Crippen LogP contribution is 1.75. The van der Waals surface area contributed by atoms with E-state index in [0.29, 0.717) is 25.0 Å². The zero-order chi connectivity index (χ0) is 8.95. The first kappa shape index (κ1) is 14.0. The molecule has 0 aromatic heterocycles. The third-order valence-electron chi connectivity index (χ3n) is 0.543. The SMILES string of the molecule is ClCCCl.OCCOCCO. The largest absolute Gasteiger partial charge is 0.394 e. The summed E-state index contributed by atoms with van der Waals surface area (Å²) in [6.07, 6.45) is 0. The van der Waals surface area contributed by atoms with E-state index in [2.05, 4.69) is 4.74 Å². The molecule has 0 heterocycles. The van der Waals surface area contributed by atoms with E-state index in [1.807, 2.05) is 0 Å². The van der Waals surface area contributed by atoms with E-state index in [1.165, 1.54) is 0 Å². The number of rotatable bonds is 5. The number of alkyl halides is 2. The van der Waals surface area contributed by atoms with E-state index in [9.17, 15) is 0 Å². The number of hydrogen-bond donors (Lipinski definition) is 2. The van der Waals surface area contributed by atoms with E-state index in [1.54, 1.807) is 0 Å². The second-order valence-corrected chi connectivity index (χ2v) is 2.19. The fraction of sp³-hybridized carbons (Fsp3) is 1.00. The van der Waals surface area contributed by atoms with Crippen LogP contribution >= 0.6 is 23.2 Å². The van der Waals surface area contributed by atoms with E-state index in [-0.39, 0.29) is 13.2 Å². The van der Waals surface area contributed by atoms with Crippen LogP contribution < -0.4 is 0 Å².